The Hall–Kier alpha value is -1.71. The molecule has 1 aromatic rings. The first-order valence-electron chi connectivity index (χ1n) is 5.46. The summed E-state index contributed by atoms with van der Waals surface area (Å²) in [6, 6.07) is 4.87. The maximum atomic E-state index is 12.1. The third-order valence-corrected chi connectivity index (χ3v) is 3.01. The van der Waals surface area contributed by atoms with Crippen molar-refractivity contribution < 1.29 is 9.90 Å². The molecule has 1 fully saturated rings. The second-order valence-corrected chi connectivity index (χ2v) is 4.39. The highest BCUT2D eigenvalue weighted by atomic mass is 16.3. The highest BCUT2D eigenvalue weighted by molar-refractivity contribution is 5.98. The van der Waals surface area contributed by atoms with Crippen LogP contribution in [0.5, 0.6) is 5.75 Å². The fraction of sp³-hybridized carbons (Fsp3) is 0.417. The lowest BCUT2D eigenvalue weighted by atomic mass is 10.1. The van der Waals surface area contributed by atoms with Crippen molar-refractivity contribution in [3.8, 4) is 5.75 Å². The third-order valence-electron chi connectivity index (χ3n) is 3.01. The Labute approximate surface area is 94.7 Å². The van der Waals surface area contributed by atoms with Gasteiger partial charge in [0.25, 0.3) is 5.91 Å². The molecule has 0 radical (unpaired) electrons. The zero-order valence-electron chi connectivity index (χ0n) is 9.31. The summed E-state index contributed by atoms with van der Waals surface area (Å²) in [5.41, 5.74) is 6.11. The van der Waals surface area contributed by atoms with Crippen LogP contribution in [0.2, 0.25) is 0 Å². The number of aromatic hydroxyl groups is 1. The van der Waals surface area contributed by atoms with E-state index in [1.165, 1.54) is 0 Å². The molecule has 4 nitrogen and oxygen atoms in total. The van der Waals surface area contributed by atoms with Gasteiger partial charge in [0.1, 0.15) is 0 Å². The first kappa shape index (κ1) is 10.8. The molecule has 0 aliphatic carbocycles. The molecule has 2 rings (SSSR count). The Bertz CT molecular complexity index is 417. The van der Waals surface area contributed by atoms with Crippen LogP contribution < -0.4 is 5.73 Å². The van der Waals surface area contributed by atoms with Gasteiger partial charge in [-0.1, -0.05) is 13.0 Å². The average Bonchev–Trinajstić information content (AvgIpc) is 2.68. The van der Waals surface area contributed by atoms with Crippen molar-refractivity contribution in [1.29, 1.82) is 0 Å². The van der Waals surface area contributed by atoms with Crippen LogP contribution in [-0.2, 0) is 0 Å². The molecule has 0 aromatic heterocycles. The summed E-state index contributed by atoms with van der Waals surface area (Å²) >= 11 is 0. The number of anilines is 1. The van der Waals surface area contributed by atoms with Gasteiger partial charge in [-0.25, -0.2) is 0 Å². The minimum absolute atomic E-state index is 0.105. The van der Waals surface area contributed by atoms with E-state index < -0.39 is 0 Å². The molecule has 86 valence electrons. The van der Waals surface area contributed by atoms with Crippen molar-refractivity contribution in [2.75, 3.05) is 18.8 Å². The van der Waals surface area contributed by atoms with Crippen LogP contribution in [0.25, 0.3) is 0 Å². The molecule has 16 heavy (non-hydrogen) atoms. The molecular weight excluding hydrogens is 204 g/mol. The molecule has 1 aliphatic heterocycles. The highest BCUT2D eigenvalue weighted by Crippen LogP contribution is 2.27. The predicted octanol–water partition coefficient (Wildman–Crippen LogP) is 1.46. The SMILES string of the molecule is CC1CCN(C(=O)c2cccc(N)c2O)C1. The lowest BCUT2D eigenvalue weighted by Crippen LogP contribution is -2.28. The van der Waals surface area contributed by atoms with Gasteiger partial charge in [-0.2, -0.15) is 0 Å². The molecule has 0 spiro atoms. The number of para-hydroxylation sites is 1. The molecule has 1 heterocycles. The van der Waals surface area contributed by atoms with Gasteiger partial charge in [0.15, 0.2) is 5.75 Å². The van der Waals surface area contributed by atoms with E-state index in [1.54, 1.807) is 23.1 Å². The number of amides is 1. The van der Waals surface area contributed by atoms with E-state index in [4.69, 9.17) is 5.73 Å². The van der Waals surface area contributed by atoms with E-state index in [-0.39, 0.29) is 17.3 Å². The number of benzene rings is 1. The van der Waals surface area contributed by atoms with E-state index in [1.807, 2.05) is 0 Å². The van der Waals surface area contributed by atoms with Crippen LogP contribution in [0.3, 0.4) is 0 Å². The molecule has 0 saturated carbocycles. The minimum Gasteiger partial charge on any atom is -0.505 e. The number of likely N-dealkylation sites (tertiary alicyclic amines) is 1. The summed E-state index contributed by atoms with van der Waals surface area (Å²) < 4.78 is 0. The molecule has 1 amide bonds. The van der Waals surface area contributed by atoms with Crippen molar-refractivity contribution in [1.82, 2.24) is 4.90 Å². The topological polar surface area (TPSA) is 66.6 Å². The van der Waals surface area contributed by atoms with Gasteiger partial charge in [-0.05, 0) is 24.5 Å². The van der Waals surface area contributed by atoms with Gasteiger partial charge in [-0.3, -0.25) is 4.79 Å². The number of nitrogens with zero attached hydrogens (tertiary/aromatic N) is 1. The van der Waals surface area contributed by atoms with Crippen LogP contribution in [0, 0.1) is 5.92 Å². The Kier molecular flexibility index (Phi) is 2.73. The van der Waals surface area contributed by atoms with Gasteiger partial charge in [0.05, 0.1) is 11.3 Å². The summed E-state index contributed by atoms with van der Waals surface area (Å²) in [7, 11) is 0. The van der Waals surface area contributed by atoms with E-state index in [2.05, 4.69) is 6.92 Å². The van der Waals surface area contributed by atoms with Crippen molar-refractivity contribution in [2.45, 2.75) is 13.3 Å². The molecule has 3 N–H and O–H groups in total. The Morgan fingerprint density at radius 3 is 2.94 bits per heavy atom. The second kappa shape index (κ2) is 4.04. The number of phenols is 1. The quantitative estimate of drug-likeness (QED) is 0.556. The molecular formula is C12H16N2O2. The van der Waals surface area contributed by atoms with Crippen LogP contribution in [0.1, 0.15) is 23.7 Å². The summed E-state index contributed by atoms with van der Waals surface area (Å²) in [6.07, 6.45) is 1.02. The zero-order chi connectivity index (χ0) is 11.7. The maximum absolute atomic E-state index is 12.1. The first-order chi connectivity index (χ1) is 7.59. The Morgan fingerprint density at radius 2 is 2.31 bits per heavy atom. The van der Waals surface area contributed by atoms with Crippen LogP contribution in [0.15, 0.2) is 18.2 Å². The molecule has 1 unspecified atom stereocenters. The number of carbonyl (C=O) groups is 1. The van der Waals surface area contributed by atoms with Crippen molar-refractivity contribution >= 4 is 11.6 Å². The molecule has 1 aromatic carbocycles. The molecule has 1 atom stereocenters. The van der Waals surface area contributed by atoms with E-state index >= 15 is 0 Å². The number of hydrogen-bond donors (Lipinski definition) is 2. The summed E-state index contributed by atoms with van der Waals surface area (Å²) in [4.78, 5) is 13.8. The van der Waals surface area contributed by atoms with Crippen molar-refractivity contribution in [3.05, 3.63) is 23.8 Å². The van der Waals surface area contributed by atoms with E-state index in [0.717, 1.165) is 19.5 Å². The number of rotatable bonds is 1. The van der Waals surface area contributed by atoms with Gasteiger partial charge in [0.2, 0.25) is 0 Å². The largest absolute Gasteiger partial charge is 0.505 e. The summed E-state index contributed by atoms with van der Waals surface area (Å²) in [5.74, 6) is 0.299. The average molecular weight is 220 g/mol. The number of nitrogens with two attached hydrogens (primary N) is 1. The highest BCUT2D eigenvalue weighted by Gasteiger charge is 2.26. The number of carbonyl (C=O) groups excluding carboxylic acids is 1. The monoisotopic (exact) mass is 220 g/mol. The Balaban J connectivity index is 2.24. The van der Waals surface area contributed by atoms with Crippen LogP contribution >= 0.6 is 0 Å². The number of nitrogen functional groups attached to an aromatic ring is 1. The maximum Gasteiger partial charge on any atom is 0.257 e. The second-order valence-electron chi connectivity index (χ2n) is 4.39. The lowest BCUT2D eigenvalue weighted by Gasteiger charge is -2.17. The molecule has 1 aliphatic rings. The molecule has 1 saturated heterocycles. The van der Waals surface area contributed by atoms with Crippen LogP contribution in [0.4, 0.5) is 5.69 Å². The fourth-order valence-electron chi connectivity index (χ4n) is 2.02. The number of hydrogen-bond acceptors (Lipinski definition) is 3. The van der Waals surface area contributed by atoms with Gasteiger partial charge < -0.3 is 15.7 Å². The lowest BCUT2D eigenvalue weighted by molar-refractivity contribution is 0.0785. The first-order valence-corrected chi connectivity index (χ1v) is 5.46. The van der Waals surface area contributed by atoms with E-state index in [9.17, 15) is 9.90 Å². The molecule has 0 bridgehead atoms. The third kappa shape index (κ3) is 1.83. The summed E-state index contributed by atoms with van der Waals surface area (Å²) in [6.45, 7) is 3.63. The smallest absolute Gasteiger partial charge is 0.257 e. The van der Waals surface area contributed by atoms with Crippen molar-refractivity contribution in [2.24, 2.45) is 5.92 Å². The number of phenolic OH excluding ortho intramolecular Hbond substituents is 1. The predicted molar refractivity (Wildman–Crippen MR) is 62.2 cm³/mol. The Morgan fingerprint density at radius 1 is 1.56 bits per heavy atom. The minimum atomic E-state index is -0.130. The zero-order valence-corrected chi connectivity index (χ0v) is 9.31. The van der Waals surface area contributed by atoms with E-state index in [0.29, 0.717) is 11.5 Å². The van der Waals surface area contributed by atoms with Crippen molar-refractivity contribution in [3.63, 3.8) is 0 Å². The molecule has 4 heteroatoms. The van der Waals surface area contributed by atoms with Crippen LogP contribution in [-0.4, -0.2) is 29.0 Å². The fourth-order valence-corrected chi connectivity index (χ4v) is 2.02. The summed E-state index contributed by atoms with van der Waals surface area (Å²) in [5, 5.41) is 9.72. The van der Waals surface area contributed by atoms with Gasteiger partial charge >= 0.3 is 0 Å². The normalized spacial score (nSPS) is 20.1. The van der Waals surface area contributed by atoms with Gasteiger partial charge in [0, 0.05) is 13.1 Å². The van der Waals surface area contributed by atoms with Gasteiger partial charge in [-0.15, -0.1) is 0 Å². The standard InChI is InChI=1S/C12H16N2O2/c1-8-5-6-14(7-8)12(16)9-3-2-4-10(13)11(9)15/h2-4,8,15H,5-7,13H2,1H3.